The van der Waals surface area contributed by atoms with Crippen molar-refractivity contribution in [2.45, 2.75) is 50.0 Å². The van der Waals surface area contributed by atoms with Crippen LogP contribution in [0, 0.1) is 0 Å². The molecule has 1 fully saturated rings. The van der Waals surface area contributed by atoms with Gasteiger partial charge in [-0.1, -0.05) is 12.1 Å². The van der Waals surface area contributed by atoms with Gasteiger partial charge in [0.15, 0.2) is 0 Å². The summed E-state index contributed by atoms with van der Waals surface area (Å²) in [6, 6.07) is 12.5. The molecule has 0 radical (unpaired) electrons. The molecule has 0 unspecified atom stereocenters. The van der Waals surface area contributed by atoms with Crippen molar-refractivity contribution in [1.29, 1.82) is 0 Å². The second-order valence-corrected chi connectivity index (χ2v) is 10.4. The highest BCUT2D eigenvalue weighted by Crippen LogP contribution is 2.28. The number of rotatable bonds is 6. The standard InChI is InChI=1S/C23H26N6O3S/c30-22(24-21-9-5-7-17-6-1-2-8-20(17)21)16-29-26-23(25-27-29)18-10-12-19(13-11-18)33(31,32)28-14-3-4-15-28/h5,7,9-13H,1-4,6,8,14-16H2,(H,24,30). The highest BCUT2D eigenvalue weighted by atomic mass is 32.2. The molecule has 1 saturated heterocycles. The lowest BCUT2D eigenvalue weighted by Crippen LogP contribution is -2.27. The number of aromatic nitrogens is 4. The second-order valence-electron chi connectivity index (χ2n) is 8.48. The minimum absolute atomic E-state index is 0.0574. The topological polar surface area (TPSA) is 110 Å². The number of hydrogen-bond acceptors (Lipinski definition) is 6. The van der Waals surface area contributed by atoms with Crippen molar-refractivity contribution < 1.29 is 13.2 Å². The number of carbonyl (C=O) groups excluding carboxylic acids is 1. The number of carbonyl (C=O) groups is 1. The summed E-state index contributed by atoms with van der Waals surface area (Å²) in [6.45, 7) is 1.07. The fourth-order valence-corrected chi connectivity index (χ4v) is 6.01. The van der Waals surface area contributed by atoms with Crippen molar-refractivity contribution in [3.63, 3.8) is 0 Å². The van der Waals surface area contributed by atoms with Gasteiger partial charge in [0.1, 0.15) is 6.54 Å². The molecule has 0 spiro atoms. The first kappa shape index (κ1) is 21.7. The van der Waals surface area contributed by atoms with E-state index in [0.717, 1.165) is 37.8 Å². The second kappa shape index (κ2) is 9.03. The minimum atomic E-state index is -3.47. The van der Waals surface area contributed by atoms with Gasteiger partial charge >= 0.3 is 0 Å². The first-order valence-electron chi connectivity index (χ1n) is 11.3. The Balaban J connectivity index is 1.25. The van der Waals surface area contributed by atoms with Gasteiger partial charge in [0.25, 0.3) is 0 Å². The quantitative estimate of drug-likeness (QED) is 0.598. The average Bonchev–Trinajstić information content (AvgIpc) is 3.52. The van der Waals surface area contributed by atoms with Crippen molar-refractivity contribution in [2.24, 2.45) is 0 Å². The Hall–Kier alpha value is -3.11. The van der Waals surface area contributed by atoms with Crippen LogP contribution < -0.4 is 5.32 Å². The molecule has 0 saturated carbocycles. The number of aryl methyl sites for hydroxylation is 1. The van der Waals surface area contributed by atoms with E-state index < -0.39 is 10.0 Å². The van der Waals surface area contributed by atoms with Gasteiger partial charge in [0, 0.05) is 24.3 Å². The normalized spacial score (nSPS) is 16.5. The molecule has 1 aliphatic heterocycles. The molecular formula is C23H26N6O3S. The van der Waals surface area contributed by atoms with Crippen molar-refractivity contribution in [3.05, 3.63) is 53.6 Å². The summed E-state index contributed by atoms with van der Waals surface area (Å²) >= 11 is 0. The molecule has 2 aliphatic rings. The molecule has 1 amide bonds. The monoisotopic (exact) mass is 466 g/mol. The van der Waals surface area contributed by atoms with E-state index in [1.807, 2.05) is 12.1 Å². The Kier molecular flexibility index (Phi) is 5.94. The van der Waals surface area contributed by atoms with Crippen molar-refractivity contribution in [1.82, 2.24) is 24.5 Å². The molecule has 10 heteroatoms. The maximum absolute atomic E-state index is 12.7. The van der Waals surface area contributed by atoms with Crippen LogP contribution in [-0.4, -0.2) is 51.9 Å². The van der Waals surface area contributed by atoms with Crippen LogP contribution in [0.4, 0.5) is 5.69 Å². The molecule has 1 aromatic heterocycles. The first-order chi connectivity index (χ1) is 16.0. The van der Waals surface area contributed by atoms with Crippen LogP contribution in [0.5, 0.6) is 0 Å². The number of sulfonamides is 1. The van der Waals surface area contributed by atoms with E-state index >= 15 is 0 Å². The largest absolute Gasteiger partial charge is 0.324 e. The SMILES string of the molecule is O=C(Cn1nnc(-c2ccc(S(=O)(=O)N3CCCC3)cc2)n1)Nc1cccc2c1CCCC2. The van der Waals surface area contributed by atoms with Gasteiger partial charge in [-0.15, -0.1) is 10.2 Å². The number of nitrogens with zero attached hydrogens (tertiary/aromatic N) is 5. The zero-order valence-electron chi connectivity index (χ0n) is 18.3. The zero-order valence-corrected chi connectivity index (χ0v) is 19.1. The summed E-state index contributed by atoms with van der Waals surface area (Å²) in [5, 5.41) is 15.3. The molecule has 0 atom stereocenters. The Bertz CT molecular complexity index is 1260. The van der Waals surface area contributed by atoms with Crippen LogP contribution in [0.2, 0.25) is 0 Å². The summed E-state index contributed by atoms with van der Waals surface area (Å²) in [5.41, 5.74) is 4.01. The van der Waals surface area contributed by atoms with Gasteiger partial charge in [0.05, 0.1) is 4.90 Å². The summed E-state index contributed by atoms with van der Waals surface area (Å²) in [5.74, 6) is 0.120. The Morgan fingerprint density at radius 3 is 2.52 bits per heavy atom. The van der Waals surface area contributed by atoms with Crippen LogP contribution in [0.25, 0.3) is 11.4 Å². The molecule has 1 N–H and O–H groups in total. The number of anilines is 1. The highest BCUT2D eigenvalue weighted by Gasteiger charge is 2.27. The molecule has 1 aliphatic carbocycles. The molecule has 2 aromatic carbocycles. The van der Waals surface area contributed by atoms with Crippen LogP contribution >= 0.6 is 0 Å². The van der Waals surface area contributed by atoms with Crippen LogP contribution in [0.1, 0.15) is 36.8 Å². The maximum Gasteiger partial charge on any atom is 0.248 e. The summed E-state index contributed by atoms with van der Waals surface area (Å²) in [7, 11) is -3.47. The van der Waals surface area contributed by atoms with Crippen molar-refractivity contribution >= 4 is 21.6 Å². The maximum atomic E-state index is 12.7. The fourth-order valence-electron chi connectivity index (χ4n) is 4.50. The number of nitrogens with one attached hydrogen (secondary N) is 1. The van der Waals surface area contributed by atoms with E-state index in [1.165, 1.54) is 26.6 Å². The van der Waals surface area contributed by atoms with Crippen LogP contribution in [0.15, 0.2) is 47.4 Å². The van der Waals surface area contributed by atoms with Gasteiger partial charge in [-0.3, -0.25) is 4.79 Å². The highest BCUT2D eigenvalue weighted by molar-refractivity contribution is 7.89. The summed E-state index contributed by atoms with van der Waals surface area (Å²) in [4.78, 5) is 14.1. The number of benzene rings is 2. The van der Waals surface area contributed by atoms with E-state index in [4.69, 9.17) is 0 Å². The molecular weight excluding hydrogens is 440 g/mol. The number of amides is 1. The van der Waals surface area contributed by atoms with E-state index in [1.54, 1.807) is 24.3 Å². The first-order valence-corrected chi connectivity index (χ1v) is 12.7. The molecule has 2 heterocycles. The fraction of sp³-hybridized carbons (Fsp3) is 0.391. The van der Waals surface area contributed by atoms with Gasteiger partial charge in [-0.25, -0.2) is 8.42 Å². The summed E-state index contributed by atoms with van der Waals surface area (Å²) < 4.78 is 26.9. The van der Waals surface area contributed by atoms with E-state index in [9.17, 15) is 13.2 Å². The van der Waals surface area contributed by atoms with Crippen LogP contribution in [-0.2, 0) is 34.2 Å². The lowest BCUT2D eigenvalue weighted by atomic mass is 9.90. The Morgan fingerprint density at radius 2 is 1.73 bits per heavy atom. The van der Waals surface area contributed by atoms with Crippen LogP contribution in [0.3, 0.4) is 0 Å². The third-order valence-corrected chi connectivity index (χ3v) is 8.14. The minimum Gasteiger partial charge on any atom is -0.324 e. The lowest BCUT2D eigenvalue weighted by Gasteiger charge is -2.19. The van der Waals surface area contributed by atoms with Crippen molar-refractivity contribution in [2.75, 3.05) is 18.4 Å². The Morgan fingerprint density at radius 1 is 0.970 bits per heavy atom. The molecule has 3 aromatic rings. The van der Waals surface area contributed by atoms with Crippen molar-refractivity contribution in [3.8, 4) is 11.4 Å². The zero-order chi connectivity index (χ0) is 22.8. The predicted octanol–water partition coefficient (Wildman–Crippen LogP) is 2.64. The van der Waals surface area contributed by atoms with Gasteiger partial charge in [0.2, 0.25) is 21.8 Å². The molecule has 172 valence electrons. The summed E-state index contributed by atoms with van der Waals surface area (Å²) in [6.07, 6.45) is 6.12. The molecule has 9 nitrogen and oxygen atoms in total. The third-order valence-electron chi connectivity index (χ3n) is 6.22. The number of fused-ring (bicyclic) bond motifs is 1. The molecule has 0 bridgehead atoms. The predicted molar refractivity (Wildman–Crippen MR) is 123 cm³/mol. The average molecular weight is 467 g/mol. The van der Waals surface area contributed by atoms with E-state index in [2.05, 4.69) is 26.8 Å². The number of hydrogen-bond donors (Lipinski definition) is 1. The third kappa shape index (κ3) is 4.53. The lowest BCUT2D eigenvalue weighted by molar-refractivity contribution is -0.117. The van der Waals surface area contributed by atoms with Gasteiger partial charge in [-0.05, 0) is 85.2 Å². The van der Waals surface area contributed by atoms with Gasteiger partial charge in [-0.2, -0.15) is 9.10 Å². The van der Waals surface area contributed by atoms with E-state index in [-0.39, 0.29) is 17.3 Å². The smallest absolute Gasteiger partial charge is 0.248 e. The van der Waals surface area contributed by atoms with Gasteiger partial charge < -0.3 is 5.32 Å². The number of tetrazole rings is 1. The molecule has 5 rings (SSSR count). The van der Waals surface area contributed by atoms with E-state index in [0.29, 0.717) is 24.5 Å². The Labute approximate surface area is 192 Å². The molecule has 33 heavy (non-hydrogen) atoms.